The Morgan fingerprint density at radius 1 is 1.14 bits per heavy atom. The van der Waals surface area contributed by atoms with E-state index in [0.717, 1.165) is 16.7 Å². The van der Waals surface area contributed by atoms with Crippen LogP contribution in [-0.2, 0) is 16.6 Å². The van der Waals surface area contributed by atoms with Crippen molar-refractivity contribution in [3.63, 3.8) is 0 Å². The Balaban J connectivity index is 3.34. The average molecular weight is 312 g/mol. The summed E-state index contributed by atoms with van der Waals surface area (Å²) in [5.41, 5.74) is 2.93. The van der Waals surface area contributed by atoms with Crippen molar-refractivity contribution in [2.24, 2.45) is 5.92 Å². The van der Waals surface area contributed by atoms with Crippen LogP contribution in [0, 0.1) is 19.8 Å². The molecule has 0 aliphatic heterocycles. The molecule has 0 aromatic heterocycles. The number of hydrogen-bond donors (Lipinski definition) is 1. The molecule has 1 aromatic rings. The minimum absolute atomic E-state index is 0.0385. The first-order valence-electron chi connectivity index (χ1n) is 7.35. The number of benzene rings is 1. The molecule has 21 heavy (non-hydrogen) atoms. The fourth-order valence-electron chi connectivity index (χ4n) is 2.33. The number of nitrogens with one attached hydrogen (secondary N) is 1. The predicted octanol–water partition coefficient (Wildman–Crippen LogP) is 2.69. The third-order valence-corrected chi connectivity index (χ3v) is 6.28. The lowest BCUT2D eigenvalue weighted by molar-refractivity contribution is 0.315. The van der Waals surface area contributed by atoms with Crippen LogP contribution in [0.5, 0.6) is 0 Å². The van der Waals surface area contributed by atoms with Gasteiger partial charge in [0.25, 0.3) is 0 Å². The first-order valence-corrected chi connectivity index (χ1v) is 8.79. The van der Waals surface area contributed by atoms with E-state index in [-0.39, 0.29) is 12.0 Å². The molecule has 0 aliphatic rings. The lowest BCUT2D eigenvalue weighted by atomic mass is 10.1. The van der Waals surface area contributed by atoms with E-state index < -0.39 is 10.0 Å². The maximum absolute atomic E-state index is 12.9. The van der Waals surface area contributed by atoms with E-state index in [4.69, 9.17) is 0 Å². The molecule has 5 heteroatoms. The first kappa shape index (κ1) is 18.1. The largest absolute Gasteiger partial charge is 0.316 e. The molecule has 1 rings (SSSR count). The smallest absolute Gasteiger partial charge is 0.243 e. The molecule has 1 unspecified atom stereocenters. The van der Waals surface area contributed by atoms with Gasteiger partial charge in [-0.05, 0) is 56.5 Å². The van der Waals surface area contributed by atoms with Crippen molar-refractivity contribution in [2.75, 3.05) is 14.1 Å². The van der Waals surface area contributed by atoms with E-state index in [1.54, 1.807) is 13.1 Å². The summed E-state index contributed by atoms with van der Waals surface area (Å²) < 4.78 is 27.2. The first-order chi connectivity index (χ1) is 9.62. The number of aryl methyl sites for hydroxylation is 2. The Labute approximate surface area is 129 Å². The van der Waals surface area contributed by atoms with Crippen molar-refractivity contribution in [3.8, 4) is 0 Å². The molecule has 120 valence electrons. The van der Waals surface area contributed by atoms with Crippen molar-refractivity contribution in [2.45, 2.75) is 52.1 Å². The summed E-state index contributed by atoms with van der Waals surface area (Å²) in [5, 5.41) is 3.08. The average Bonchev–Trinajstić information content (AvgIpc) is 2.39. The van der Waals surface area contributed by atoms with E-state index in [0.29, 0.717) is 11.4 Å². The van der Waals surface area contributed by atoms with Gasteiger partial charge in [0.1, 0.15) is 0 Å². The lowest BCUT2D eigenvalue weighted by Gasteiger charge is -2.28. The number of nitrogens with zero attached hydrogens (tertiary/aromatic N) is 1. The highest BCUT2D eigenvalue weighted by Crippen LogP contribution is 2.25. The van der Waals surface area contributed by atoms with Gasteiger partial charge in [-0.3, -0.25) is 0 Å². The molecule has 1 N–H and O–H groups in total. The van der Waals surface area contributed by atoms with Crippen molar-refractivity contribution in [1.29, 1.82) is 0 Å². The Morgan fingerprint density at radius 3 is 2.19 bits per heavy atom. The van der Waals surface area contributed by atoms with E-state index >= 15 is 0 Å². The zero-order valence-electron chi connectivity index (χ0n) is 14.2. The zero-order valence-corrected chi connectivity index (χ0v) is 15.0. The van der Waals surface area contributed by atoms with E-state index in [1.165, 1.54) is 4.31 Å². The Kier molecular flexibility index (Phi) is 5.96. The number of hydrogen-bond acceptors (Lipinski definition) is 3. The van der Waals surface area contributed by atoms with Gasteiger partial charge in [-0.25, -0.2) is 8.42 Å². The summed E-state index contributed by atoms with van der Waals surface area (Å²) in [7, 11) is 0.0593. The van der Waals surface area contributed by atoms with Crippen LogP contribution in [0.25, 0.3) is 0 Å². The molecule has 0 aliphatic carbocycles. The highest BCUT2D eigenvalue weighted by atomic mass is 32.2. The molecule has 0 bridgehead atoms. The quantitative estimate of drug-likeness (QED) is 0.878. The third kappa shape index (κ3) is 3.84. The Morgan fingerprint density at radius 2 is 1.71 bits per heavy atom. The fraction of sp³-hybridized carbons (Fsp3) is 0.625. The lowest BCUT2D eigenvalue weighted by Crippen LogP contribution is -2.38. The van der Waals surface area contributed by atoms with Crippen LogP contribution >= 0.6 is 0 Å². The second-order valence-electron chi connectivity index (χ2n) is 6.08. The highest BCUT2D eigenvalue weighted by molar-refractivity contribution is 7.89. The van der Waals surface area contributed by atoms with Gasteiger partial charge in [0, 0.05) is 19.6 Å². The molecule has 0 radical (unpaired) electrons. The molecule has 0 saturated heterocycles. The van der Waals surface area contributed by atoms with Gasteiger partial charge in [0.2, 0.25) is 10.0 Å². The zero-order chi connectivity index (χ0) is 16.4. The predicted molar refractivity (Wildman–Crippen MR) is 87.9 cm³/mol. The normalized spacial score (nSPS) is 14.0. The minimum atomic E-state index is -3.47. The van der Waals surface area contributed by atoms with Crippen molar-refractivity contribution in [3.05, 3.63) is 28.8 Å². The van der Waals surface area contributed by atoms with E-state index in [1.807, 2.05) is 47.7 Å². The van der Waals surface area contributed by atoms with Crippen LogP contribution in [0.3, 0.4) is 0 Å². The summed E-state index contributed by atoms with van der Waals surface area (Å²) in [6, 6.07) is 3.72. The highest BCUT2D eigenvalue weighted by Gasteiger charge is 2.28. The van der Waals surface area contributed by atoms with Crippen molar-refractivity contribution < 1.29 is 8.42 Å². The van der Waals surface area contributed by atoms with Gasteiger partial charge in [-0.2, -0.15) is 4.31 Å². The summed E-state index contributed by atoms with van der Waals surface area (Å²) in [5.74, 6) is 0.271. The van der Waals surface area contributed by atoms with E-state index in [9.17, 15) is 8.42 Å². The summed E-state index contributed by atoms with van der Waals surface area (Å²) >= 11 is 0. The van der Waals surface area contributed by atoms with Gasteiger partial charge < -0.3 is 5.32 Å². The van der Waals surface area contributed by atoms with Gasteiger partial charge in [0.15, 0.2) is 0 Å². The van der Waals surface area contributed by atoms with Gasteiger partial charge >= 0.3 is 0 Å². The molecular formula is C16H28N2O2S. The molecule has 0 heterocycles. The maximum Gasteiger partial charge on any atom is 0.243 e. The fourth-order valence-corrected chi connectivity index (χ4v) is 4.08. The standard InChI is InChI=1S/C16H28N2O2S/c1-11(2)14(5)18(7)21(19,20)16-9-15(10-17-6)12(3)8-13(16)4/h8-9,11,14,17H,10H2,1-7H3. The van der Waals surface area contributed by atoms with Crippen molar-refractivity contribution in [1.82, 2.24) is 9.62 Å². The molecule has 0 fully saturated rings. The van der Waals surface area contributed by atoms with Gasteiger partial charge in [-0.1, -0.05) is 19.9 Å². The van der Waals surface area contributed by atoms with Gasteiger partial charge in [-0.15, -0.1) is 0 Å². The van der Waals surface area contributed by atoms with Gasteiger partial charge in [0.05, 0.1) is 4.90 Å². The molecule has 4 nitrogen and oxygen atoms in total. The van der Waals surface area contributed by atoms with Crippen LogP contribution in [0.1, 0.15) is 37.5 Å². The molecule has 0 amide bonds. The van der Waals surface area contributed by atoms with Crippen LogP contribution in [0.15, 0.2) is 17.0 Å². The topological polar surface area (TPSA) is 49.4 Å². The van der Waals surface area contributed by atoms with Crippen LogP contribution in [0.4, 0.5) is 0 Å². The summed E-state index contributed by atoms with van der Waals surface area (Å²) in [6.45, 7) is 10.5. The minimum Gasteiger partial charge on any atom is -0.316 e. The Bertz CT molecular complexity index is 595. The molecule has 1 aromatic carbocycles. The summed E-state index contributed by atoms with van der Waals surface area (Å²) in [6.07, 6.45) is 0. The molecule has 0 spiro atoms. The van der Waals surface area contributed by atoms with Crippen LogP contribution in [-0.4, -0.2) is 32.9 Å². The van der Waals surface area contributed by atoms with E-state index in [2.05, 4.69) is 5.32 Å². The third-order valence-electron chi connectivity index (χ3n) is 4.20. The second-order valence-corrected chi connectivity index (χ2v) is 8.05. The maximum atomic E-state index is 12.9. The van der Waals surface area contributed by atoms with Crippen LogP contribution in [0.2, 0.25) is 0 Å². The molecule has 0 saturated carbocycles. The summed E-state index contributed by atoms with van der Waals surface area (Å²) in [4.78, 5) is 0.411. The number of rotatable bonds is 6. The monoisotopic (exact) mass is 312 g/mol. The molecular weight excluding hydrogens is 284 g/mol. The Hall–Kier alpha value is -0.910. The second kappa shape index (κ2) is 6.90. The SMILES string of the molecule is CNCc1cc(S(=O)(=O)N(C)C(C)C(C)C)c(C)cc1C. The molecule has 1 atom stereocenters. The number of sulfonamides is 1. The van der Waals surface area contributed by atoms with Crippen LogP contribution < -0.4 is 5.32 Å². The van der Waals surface area contributed by atoms with Crippen molar-refractivity contribution >= 4 is 10.0 Å².